The van der Waals surface area contributed by atoms with Crippen molar-refractivity contribution in [2.24, 2.45) is 0 Å². The van der Waals surface area contributed by atoms with Gasteiger partial charge in [-0.3, -0.25) is 4.79 Å². The van der Waals surface area contributed by atoms with Gasteiger partial charge in [-0.05, 0) is 19.1 Å². The van der Waals surface area contributed by atoms with E-state index in [9.17, 15) is 13.6 Å². The van der Waals surface area contributed by atoms with Crippen LogP contribution in [-0.4, -0.2) is 12.6 Å². The van der Waals surface area contributed by atoms with E-state index < -0.39 is 17.6 Å². The molecule has 0 aliphatic carbocycles. The van der Waals surface area contributed by atoms with E-state index in [0.29, 0.717) is 0 Å². The zero-order valence-electron chi connectivity index (χ0n) is 9.37. The Kier molecular flexibility index (Phi) is 4.63. The highest BCUT2D eigenvalue weighted by Crippen LogP contribution is 2.18. The third-order valence-electron chi connectivity index (χ3n) is 1.98. The lowest BCUT2D eigenvalue weighted by molar-refractivity contribution is -0.142. The fraction of sp³-hybridized carbons (Fsp3) is 0.250. The third-order valence-corrected chi connectivity index (χ3v) is 1.98. The number of carbonyl (C=O) groups excluding carboxylic acids is 1. The first kappa shape index (κ1) is 13.2. The largest absolute Gasteiger partial charge is 0.466 e. The average Bonchev–Trinajstić information content (AvgIpc) is 2.22. The Morgan fingerprint density at radius 2 is 2.00 bits per heavy atom. The van der Waals surface area contributed by atoms with Gasteiger partial charge in [-0.15, -0.1) is 0 Å². The van der Waals surface area contributed by atoms with Crippen LogP contribution in [0.15, 0.2) is 18.2 Å². The van der Waals surface area contributed by atoms with Gasteiger partial charge in [-0.1, -0.05) is 12.2 Å². The predicted octanol–water partition coefficient (Wildman–Crippen LogP) is 2.51. The molecule has 0 unspecified atom stereocenters. The summed E-state index contributed by atoms with van der Waals surface area (Å²) >= 11 is 0. The molecule has 0 aliphatic rings. The van der Waals surface area contributed by atoms with Crippen LogP contribution in [0.25, 0.3) is 6.08 Å². The molecule has 0 fully saturated rings. The Balaban J connectivity index is 2.75. The molecule has 0 heterocycles. The molecule has 2 N–H and O–H groups in total. The number of nitrogen functional groups attached to an aromatic ring is 1. The van der Waals surface area contributed by atoms with Crippen molar-refractivity contribution in [1.29, 1.82) is 0 Å². The first-order valence-electron chi connectivity index (χ1n) is 5.11. The summed E-state index contributed by atoms with van der Waals surface area (Å²) in [5.74, 6) is -1.97. The summed E-state index contributed by atoms with van der Waals surface area (Å²) in [5.41, 5.74) is 5.06. The maximum absolute atomic E-state index is 13.3. The van der Waals surface area contributed by atoms with Gasteiger partial charge in [0.1, 0.15) is 11.6 Å². The number of rotatable bonds is 4. The van der Waals surface area contributed by atoms with Crippen molar-refractivity contribution in [3.05, 3.63) is 35.4 Å². The molecule has 0 spiro atoms. The third kappa shape index (κ3) is 3.86. The molecule has 0 radical (unpaired) electrons. The van der Waals surface area contributed by atoms with Crippen LogP contribution in [0, 0.1) is 11.6 Å². The van der Waals surface area contributed by atoms with Crippen molar-refractivity contribution in [1.82, 2.24) is 0 Å². The van der Waals surface area contributed by atoms with Crippen molar-refractivity contribution < 1.29 is 18.3 Å². The number of ether oxygens (including phenoxy) is 1. The minimum atomic E-state index is -0.761. The maximum atomic E-state index is 13.3. The highest BCUT2D eigenvalue weighted by Gasteiger charge is 2.07. The van der Waals surface area contributed by atoms with Gasteiger partial charge in [0.05, 0.1) is 13.0 Å². The average molecular weight is 241 g/mol. The molecule has 0 atom stereocenters. The number of anilines is 1. The number of benzene rings is 1. The first-order valence-corrected chi connectivity index (χ1v) is 5.11. The fourth-order valence-corrected chi connectivity index (χ4v) is 1.26. The van der Waals surface area contributed by atoms with E-state index >= 15 is 0 Å². The highest BCUT2D eigenvalue weighted by molar-refractivity contribution is 5.72. The second-order valence-electron chi connectivity index (χ2n) is 3.31. The van der Waals surface area contributed by atoms with E-state index in [2.05, 4.69) is 4.74 Å². The summed E-state index contributed by atoms with van der Waals surface area (Å²) in [6, 6.07) is 2.04. The normalized spacial score (nSPS) is 10.8. The standard InChI is InChI=1S/C12H13F2NO2/c1-2-17-12(16)5-3-4-9-10(13)6-8(15)7-11(9)14/h3-4,6-7H,2,5,15H2,1H3. The molecule has 0 amide bonds. The van der Waals surface area contributed by atoms with Crippen LogP contribution in [-0.2, 0) is 9.53 Å². The van der Waals surface area contributed by atoms with Crippen LogP contribution in [0.3, 0.4) is 0 Å². The van der Waals surface area contributed by atoms with Gasteiger partial charge in [0.25, 0.3) is 0 Å². The van der Waals surface area contributed by atoms with Crippen LogP contribution in [0.2, 0.25) is 0 Å². The van der Waals surface area contributed by atoms with Crippen molar-refractivity contribution in [3.8, 4) is 0 Å². The van der Waals surface area contributed by atoms with E-state index in [1.54, 1.807) is 6.92 Å². The van der Waals surface area contributed by atoms with Gasteiger partial charge in [0.2, 0.25) is 0 Å². The quantitative estimate of drug-likeness (QED) is 0.651. The molecule has 0 aromatic heterocycles. The van der Waals surface area contributed by atoms with Crippen LogP contribution in [0.1, 0.15) is 18.9 Å². The summed E-state index contributed by atoms with van der Waals surface area (Å²) in [6.45, 7) is 1.96. The van der Waals surface area contributed by atoms with Crippen molar-refractivity contribution in [2.75, 3.05) is 12.3 Å². The molecule has 0 saturated heterocycles. The predicted molar refractivity (Wildman–Crippen MR) is 61.1 cm³/mol. The SMILES string of the molecule is CCOC(=O)CC=Cc1c(F)cc(N)cc1F. The summed E-state index contributed by atoms with van der Waals surface area (Å²) in [4.78, 5) is 11.0. The Hall–Kier alpha value is -1.91. The minimum absolute atomic E-state index is 0.0162. The number of esters is 1. The number of hydrogen-bond donors (Lipinski definition) is 1. The molecule has 1 rings (SSSR count). The summed E-state index contributed by atoms with van der Waals surface area (Å²) in [7, 11) is 0. The summed E-state index contributed by atoms with van der Waals surface area (Å²) < 4.78 is 31.3. The second kappa shape index (κ2) is 5.98. The number of nitrogens with two attached hydrogens (primary N) is 1. The lowest BCUT2D eigenvalue weighted by Crippen LogP contribution is -2.01. The Labute approximate surface area is 97.9 Å². The molecular weight excluding hydrogens is 228 g/mol. The summed E-state index contributed by atoms with van der Waals surface area (Å²) in [6.07, 6.45) is 2.51. The van der Waals surface area contributed by atoms with Gasteiger partial charge in [0.15, 0.2) is 0 Å². The van der Waals surface area contributed by atoms with Crippen LogP contribution >= 0.6 is 0 Å². The van der Waals surface area contributed by atoms with Crippen LogP contribution < -0.4 is 5.73 Å². The van der Waals surface area contributed by atoms with E-state index in [1.165, 1.54) is 12.2 Å². The van der Waals surface area contributed by atoms with E-state index in [0.717, 1.165) is 12.1 Å². The molecule has 92 valence electrons. The first-order chi connectivity index (χ1) is 8.04. The van der Waals surface area contributed by atoms with Gasteiger partial charge in [-0.2, -0.15) is 0 Å². The topological polar surface area (TPSA) is 52.3 Å². The molecule has 0 bridgehead atoms. The molecule has 1 aromatic rings. The van der Waals surface area contributed by atoms with Crippen molar-refractivity contribution >= 4 is 17.7 Å². The molecule has 0 aliphatic heterocycles. The number of hydrogen-bond acceptors (Lipinski definition) is 3. The Bertz CT molecular complexity index is 421. The minimum Gasteiger partial charge on any atom is -0.466 e. The molecule has 17 heavy (non-hydrogen) atoms. The van der Waals surface area contributed by atoms with E-state index in [-0.39, 0.29) is 24.3 Å². The zero-order valence-corrected chi connectivity index (χ0v) is 9.37. The van der Waals surface area contributed by atoms with Gasteiger partial charge >= 0.3 is 5.97 Å². The van der Waals surface area contributed by atoms with E-state index in [1.807, 2.05) is 0 Å². The van der Waals surface area contributed by atoms with Gasteiger partial charge in [0, 0.05) is 11.3 Å². The Morgan fingerprint density at radius 3 is 2.53 bits per heavy atom. The fourth-order valence-electron chi connectivity index (χ4n) is 1.26. The lowest BCUT2D eigenvalue weighted by Gasteiger charge is -2.01. The monoisotopic (exact) mass is 241 g/mol. The molecule has 3 nitrogen and oxygen atoms in total. The van der Waals surface area contributed by atoms with Crippen molar-refractivity contribution in [2.45, 2.75) is 13.3 Å². The molecule has 0 saturated carbocycles. The molecule has 1 aromatic carbocycles. The van der Waals surface area contributed by atoms with Gasteiger partial charge in [-0.25, -0.2) is 8.78 Å². The van der Waals surface area contributed by atoms with Gasteiger partial charge < -0.3 is 10.5 Å². The number of halogens is 2. The number of carbonyl (C=O) groups is 1. The summed E-state index contributed by atoms with van der Waals surface area (Å²) in [5, 5.41) is 0. The van der Waals surface area contributed by atoms with Crippen molar-refractivity contribution in [3.63, 3.8) is 0 Å². The molecule has 5 heteroatoms. The second-order valence-corrected chi connectivity index (χ2v) is 3.31. The zero-order chi connectivity index (χ0) is 12.8. The highest BCUT2D eigenvalue weighted by atomic mass is 19.1. The van der Waals surface area contributed by atoms with Crippen LogP contribution in [0.5, 0.6) is 0 Å². The maximum Gasteiger partial charge on any atom is 0.309 e. The smallest absolute Gasteiger partial charge is 0.309 e. The lowest BCUT2D eigenvalue weighted by atomic mass is 10.1. The molecular formula is C12H13F2NO2. The Morgan fingerprint density at radius 1 is 1.41 bits per heavy atom. The van der Waals surface area contributed by atoms with E-state index in [4.69, 9.17) is 5.73 Å². The van der Waals surface area contributed by atoms with Crippen LogP contribution in [0.4, 0.5) is 14.5 Å².